The summed E-state index contributed by atoms with van der Waals surface area (Å²) in [6.45, 7) is 3.60. The van der Waals surface area contributed by atoms with Crippen LogP contribution in [0.25, 0.3) is 0 Å². The summed E-state index contributed by atoms with van der Waals surface area (Å²) in [5.74, 6) is 0.864. The summed E-state index contributed by atoms with van der Waals surface area (Å²) < 4.78 is 2.61. The number of anilines is 1. The molecule has 0 bridgehead atoms. The molecular formula is C16H20BrN5O. The number of piperidine rings is 1. The number of pyridine rings is 1. The largest absolute Gasteiger partial charge is 0.354 e. The van der Waals surface area contributed by atoms with E-state index in [1.165, 1.54) is 0 Å². The molecule has 2 aromatic heterocycles. The summed E-state index contributed by atoms with van der Waals surface area (Å²) in [4.78, 5) is 19.1. The zero-order chi connectivity index (χ0) is 16.4. The van der Waals surface area contributed by atoms with E-state index >= 15 is 0 Å². The summed E-state index contributed by atoms with van der Waals surface area (Å²) in [6, 6.07) is 5.82. The number of nitrogens with one attached hydrogen (secondary N) is 1. The van der Waals surface area contributed by atoms with Gasteiger partial charge in [-0.25, -0.2) is 4.98 Å². The van der Waals surface area contributed by atoms with Gasteiger partial charge in [0.05, 0.1) is 10.2 Å². The van der Waals surface area contributed by atoms with Gasteiger partial charge >= 0.3 is 0 Å². The molecule has 0 aliphatic carbocycles. The maximum Gasteiger partial charge on any atom is 0.269 e. The molecule has 6 nitrogen and oxygen atoms in total. The average Bonchev–Trinajstić information content (AvgIpc) is 2.87. The summed E-state index contributed by atoms with van der Waals surface area (Å²) in [7, 11) is 1.79. The minimum atomic E-state index is -0.0694. The van der Waals surface area contributed by atoms with E-state index in [2.05, 4.69) is 36.2 Å². The van der Waals surface area contributed by atoms with Crippen LogP contribution in [0, 0.1) is 6.92 Å². The minimum Gasteiger partial charge on any atom is -0.354 e. The van der Waals surface area contributed by atoms with Gasteiger partial charge < -0.3 is 10.2 Å². The number of carbonyl (C=O) groups is 1. The highest BCUT2D eigenvalue weighted by molar-refractivity contribution is 9.10. The molecule has 1 unspecified atom stereocenters. The number of hydrogen-bond donors (Lipinski definition) is 1. The first-order chi connectivity index (χ1) is 11.0. The maximum atomic E-state index is 12.4. The summed E-state index contributed by atoms with van der Waals surface area (Å²) in [5.41, 5.74) is 1.44. The van der Waals surface area contributed by atoms with Gasteiger partial charge in [0, 0.05) is 32.4 Å². The number of aromatic nitrogens is 3. The van der Waals surface area contributed by atoms with E-state index in [0.29, 0.717) is 5.69 Å². The van der Waals surface area contributed by atoms with E-state index in [0.717, 1.165) is 41.9 Å². The van der Waals surface area contributed by atoms with Gasteiger partial charge in [0.1, 0.15) is 11.5 Å². The third-order valence-electron chi connectivity index (χ3n) is 4.03. The molecule has 1 fully saturated rings. The third kappa shape index (κ3) is 3.55. The van der Waals surface area contributed by atoms with Gasteiger partial charge in [-0.1, -0.05) is 0 Å². The molecule has 23 heavy (non-hydrogen) atoms. The second-order valence-corrected chi connectivity index (χ2v) is 6.72. The smallest absolute Gasteiger partial charge is 0.269 e. The Labute approximate surface area is 144 Å². The quantitative estimate of drug-likeness (QED) is 0.890. The van der Waals surface area contributed by atoms with E-state index in [1.54, 1.807) is 17.9 Å². The lowest BCUT2D eigenvalue weighted by Crippen LogP contribution is -2.48. The Morgan fingerprint density at radius 1 is 1.48 bits per heavy atom. The van der Waals surface area contributed by atoms with Crippen LogP contribution in [0.15, 0.2) is 28.9 Å². The highest BCUT2D eigenvalue weighted by Gasteiger charge is 2.24. The Morgan fingerprint density at radius 2 is 2.30 bits per heavy atom. The molecule has 0 aromatic carbocycles. The molecule has 2 aromatic rings. The second kappa shape index (κ2) is 6.70. The molecule has 1 aliphatic heterocycles. The van der Waals surface area contributed by atoms with Crippen molar-refractivity contribution in [3.8, 4) is 0 Å². The van der Waals surface area contributed by atoms with Gasteiger partial charge in [0.25, 0.3) is 5.91 Å². The van der Waals surface area contributed by atoms with Crippen molar-refractivity contribution < 1.29 is 4.79 Å². The number of aryl methyl sites for hydroxylation is 2. The highest BCUT2D eigenvalue weighted by atomic mass is 79.9. The van der Waals surface area contributed by atoms with E-state index in [9.17, 15) is 4.79 Å². The molecule has 1 aliphatic rings. The van der Waals surface area contributed by atoms with Crippen molar-refractivity contribution in [1.29, 1.82) is 0 Å². The number of rotatable bonds is 3. The first-order valence-electron chi connectivity index (χ1n) is 7.71. The van der Waals surface area contributed by atoms with Gasteiger partial charge in [-0.05, 0) is 53.9 Å². The van der Waals surface area contributed by atoms with Crippen LogP contribution in [-0.2, 0) is 7.05 Å². The number of amides is 1. The van der Waals surface area contributed by atoms with Crippen molar-refractivity contribution in [1.82, 2.24) is 20.1 Å². The van der Waals surface area contributed by atoms with Crippen LogP contribution in [0.3, 0.4) is 0 Å². The molecule has 3 heterocycles. The number of halogens is 1. The summed E-state index contributed by atoms with van der Waals surface area (Å²) >= 11 is 3.55. The van der Waals surface area contributed by atoms with Crippen LogP contribution in [0.4, 0.5) is 5.82 Å². The van der Waals surface area contributed by atoms with Crippen LogP contribution in [0.2, 0.25) is 0 Å². The molecule has 1 atom stereocenters. The lowest BCUT2D eigenvalue weighted by atomic mass is 10.1. The predicted molar refractivity (Wildman–Crippen MR) is 92.6 cm³/mol. The van der Waals surface area contributed by atoms with Crippen LogP contribution in [-0.4, -0.2) is 39.8 Å². The lowest BCUT2D eigenvalue weighted by molar-refractivity contribution is 0.0923. The van der Waals surface area contributed by atoms with Crippen molar-refractivity contribution >= 4 is 27.7 Å². The zero-order valence-electron chi connectivity index (χ0n) is 13.3. The molecule has 0 radical (unpaired) electrons. The van der Waals surface area contributed by atoms with Crippen molar-refractivity contribution in [2.75, 3.05) is 18.0 Å². The fourth-order valence-electron chi connectivity index (χ4n) is 2.98. The van der Waals surface area contributed by atoms with Gasteiger partial charge in [0.15, 0.2) is 0 Å². The van der Waals surface area contributed by atoms with Crippen LogP contribution >= 0.6 is 15.9 Å². The van der Waals surface area contributed by atoms with E-state index in [1.807, 2.05) is 25.1 Å². The Hall–Kier alpha value is -1.89. The van der Waals surface area contributed by atoms with E-state index in [-0.39, 0.29) is 11.9 Å². The lowest BCUT2D eigenvalue weighted by Gasteiger charge is -2.34. The summed E-state index contributed by atoms with van der Waals surface area (Å²) in [6.07, 6.45) is 3.79. The topological polar surface area (TPSA) is 63.1 Å². The van der Waals surface area contributed by atoms with Gasteiger partial charge in [0.2, 0.25) is 0 Å². The minimum absolute atomic E-state index is 0.0694. The first kappa shape index (κ1) is 16.0. The number of hydrogen-bond acceptors (Lipinski definition) is 4. The number of carbonyl (C=O) groups excluding carboxylic acids is 1. The monoisotopic (exact) mass is 377 g/mol. The van der Waals surface area contributed by atoms with Crippen molar-refractivity contribution in [2.45, 2.75) is 25.8 Å². The number of nitrogens with zero attached hydrogens (tertiary/aromatic N) is 4. The molecule has 1 N–H and O–H groups in total. The fraction of sp³-hybridized carbons (Fsp3) is 0.438. The zero-order valence-corrected chi connectivity index (χ0v) is 14.9. The van der Waals surface area contributed by atoms with Crippen LogP contribution < -0.4 is 10.2 Å². The van der Waals surface area contributed by atoms with E-state index in [4.69, 9.17) is 0 Å². The Morgan fingerprint density at radius 3 is 3.00 bits per heavy atom. The molecule has 1 amide bonds. The highest BCUT2D eigenvalue weighted by Crippen LogP contribution is 2.25. The van der Waals surface area contributed by atoms with Gasteiger partial charge in [-0.2, -0.15) is 5.10 Å². The maximum absolute atomic E-state index is 12.4. The van der Waals surface area contributed by atoms with Crippen LogP contribution in [0.5, 0.6) is 0 Å². The fourth-order valence-corrected chi connectivity index (χ4v) is 3.49. The molecule has 3 rings (SSSR count). The van der Waals surface area contributed by atoms with E-state index < -0.39 is 0 Å². The van der Waals surface area contributed by atoms with Gasteiger partial charge in [-0.3, -0.25) is 9.48 Å². The Balaban J connectivity index is 1.68. The van der Waals surface area contributed by atoms with Crippen LogP contribution in [0.1, 0.15) is 29.0 Å². The molecule has 0 spiro atoms. The normalized spacial score (nSPS) is 18.0. The predicted octanol–water partition coefficient (Wildman–Crippen LogP) is 2.28. The van der Waals surface area contributed by atoms with Crippen molar-refractivity contribution in [3.63, 3.8) is 0 Å². The third-order valence-corrected chi connectivity index (χ3v) is 4.65. The van der Waals surface area contributed by atoms with Crippen molar-refractivity contribution in [2.24, 2.45) is 7.05 Å². The van der Waals surface area contributed by atoms with Crippen molar-refractivity contribution in [3.05, 3.63) is 40.3 Å². The molecule has 0 saturated carbocycles. The molecule has 7 heteroatoms. The van der Waals surface area contributed by atoms with Gasteiger partial charge in [-0.15, -0.1) is 0 Å². The SMILES string of the molecule is Cc1cc(C(=O)NC2CCCN(c3ncccc3Br)C2)n(C)n1. The second-order valence-electron chi connectivity index (χ2n) is 5.86. The molecule has 122 valence electrons. The summed E-state index contributed by atoms with van der Waals surface area (Å²) in [5, 5.41) is 7.35. The molecular weight excluding hydrogens is 358 g/mol. The average molecular weight is 378 g/mol. The standard InChI is InChI=1S/C16H20BrN5O/c1-11-9-14(21(2)20-11)16(23)19-12-5-4-8-22(10-12)15-13(17)6-3-7-18-15/h3,6-7,9,12H,4-5,8,10H2,1-2H3,(H,19,23). The Bertz CT molecular complexity index is 714. The first-order valence-corrected chi connectivity index (χ1v) is 8.51. The molecule has 1 saturated heterocycles. The Kier molecular flexibility index (Phi) is 4.66.